The Balaban J connectivity index is 2.20. The summed E-state index contributed by atoms with van der Waals surface area (Å²) >= 11 is 0. The molecule has 6 heteroatoms. The summed E-state index contributed by atoms with van der Waals surface area (Å²) in [5, 5.41) is 2.34. The lowest BCUT2D eigenvalue weighted by atomic mass is 10.1. The molecular weight excluding hydrogens is 331 g/mol. The summed E-state index contributed by atoms with van der Waals surface area (Å²) in [4.78, 5) is 12.4. The number of anilines is 1. The van der Waals surface area contributed by atoms with Gasteiger partial charge in [-0.25, -0.2) is 0 Å². The minimum atomic E-state index is -4.54. The van der Waals surface area contributed by atoms with Gasteiger partial charge in [-0.1, -0.05) is 31.2 Å². The zero-order chi connectivity index (χ0) is 18.6. The first-order valence-corrected chi connectivity index (χ1v) is 7.93. The van der Waals surface area contributed by atoms with Crippen LogP contribution in [0.1, 0.15) is 30.0 Å². The molecule has 0 fully saturated rings. The molecule has 0 radical (unpaired) electrons. The number of rotatable bonds is 5. The number of amides is 1. The van der Waals surface area contributed by atoms with Gasteiger partial charge in [0.15, 0.2) is 6.10 Å². The van der Waals surface area contributed by atoms with E-state index in [2.05, 4.69) is 5.32 Å². The number of halogens is 3. The Morgan fingerprint density at radius 1 is 1.16 bits per heavy atom. The molecular formula is C19H20F3NO2. The highest BCUT2D eigenvalue weighted by atomic mass is 19.4. The Morgan fingerprint density at radius 3 is 2.48 bits per heavy atom. The number of hydrogen-bond acceptors (Lipinski definition) is 2. The molecule has 0 unspecified atom stereocenters. The molecule has 3 nitrogen and oxygen atoms in total. The molecule has 1 N–H and O–H groups in total. The molecule has 0 aliphatic carbocycles. The molecule has 0 aromatic heterocycles. The van der Waals surface area contributed by atoms with E-state index in [9.17, 15) is 18.0 Å². The first-order valence-electron chi connectivity index (χ1n) is 7.93. The van der Waals surface area contributed by atoms with Gasteiger partial charge < -0.3 is 10.1 Å². The van der Waals surface area contributed by atoms with Crippen LogP contribution in [0.15, 0.2) is 42.5 Å². The molecule has 1 amide bonds. The van der Waals surface area contributed by atoms with E-state index in [0.29, 0.717) is 12.2 Å². The van der Waals surface area contributed by atoms with Crippen molar-refractivity contribution >= 4 is 11.6 Å². The van der Waals surface area contributed by atoms with E-state index < -0.39 is 23.8 Å². The Kier molecular flexibility index (Phi) is 5.72. The van der Waals surface area contributed by atoms with Gasteiger partial charge in [0.05, 0.1) is 11.3 Å². The highest BCUT2D eigenvalue weighted by Crippen LogP contribution is 2.34. The third kappa shape index (κ3) is 4.75. The number of alkyl halides is 3. The lowest BCUT2D eigenvalue weighted by Gasteiger charge is -2.20. The fraction of sp³-hybridized carbons (Fsp3) is 0.316. The van der Waals surface area contributed by atoms with Crippen LogP contribution in [0, 0.1) is 13.8 Å². The Morgan fingerprint density at radius 2 is 1.84 bits per heavy atom. The summed E-state index contributed by atoms with van der Waals surface area (Å²) in [5.74, 6) is -0.0637. The van der Waals surface area contributed by atoms with Crippen molar-refractivity contribution in [2.45, 2.75) is 39.5 Å². The number of para-hydroxylation sites is 1. The average molecular weight is 351 g/mol. The van der Waals surface area contributed by atoms with Crippen molar-refractivity contribution in [1.29, 1.82) is 0 Å². The van der Waals surface area contributed by atoms with E-state index >= 15 is 0 Å². The van der Waals surface area contributed by atoms with Gasteiger partial charge in [-0.05, 0) is 49.6 Å². The fourth-order valence-electron chi connectivity index (χ4n) is 2.36. The SMILES string of the molecule is CC[C@H](Oc1cc(C)ccc1C)C(=O)Nc1ccccc1C(F)(F)F. The highest BCUT2D eigenvalue weighted by Gasteiger charge is 2.34. The molecule has 0 heterocycles. The van der Waals surface area contributed by atoms with Crippen LogP contribution in [0.25, 0.3) is 0 Å². The number of benzene rings is 2. The second kappa shape index (κ2) is 7.59. The van der Waals surface area contributed by atoms with Gasteiger partial charge in [-0.2, -0.15) is 13.2 Å². The number of carbonyl (C=O) groups excluding carboxylic acids is 1. The fourth-order valence-corrected chi connectivity index (χ4v) is 2.36. The number of nitrogens with one attached hydrogen (secondary N) is 1. The molecule has 2 rings (SSSR count). The van der Waals surface area contributed by atoms with Gasteiger partial charge in [0.2, 0.25) is 0 Å². The summed E-state index contributed by atoms with van der Waals surface area (Å²) in [6.45, 7) is 5.48. The molecule has 0 spiro atoms. The second-order valence-electron chi connectivity index (χ2n) is 5.82. The minimum Gasteiger partial charge on any atom is -0.480 e. The Labute approximate surface area is 144 Å². The lowest BCUT2D eigenvalue weighted by Crippen LogP contribution is -2.33. The third-order valence-corrected chi connectivity index (χ3v) is 3.77. The lowest BCUT2D eigenvalue weighted by molar-refractivity contribution is -0.137. The van der Waals surface area contributed by atoms with Crippen LogP contribution >= 0.6 is 0 Å². The van der Waals surface area contributed by atoms with Gasteiger partial charge in [0, 0.05) is 0 Å². The molecule has 1 atom stereocenters. The van der Waals surface area contributed by atoms with Crippen molar-refractivity contribution in [1.82, 2.24) is 0 Å². The van der Waals surface area contributed by atoms with E-state index in [0.717, 1.165) is 17.2 Å². The van der Waals surface area contributed by atoms with Crippen LogP contribution < -0.4 is 10.1 Å². The standard InChI is InChI=1S/C19H20F3NO2/c1-4-16(25-17-11-12(2)9-10-13(17)3)18(24)23-15-8-6-5-7-14(15)19(20,21)22/h5-11,16H,4H2,1-3H3,(H,23,24)/t16-/m0/s1. The quantitative estimate of drug-likeness (QED) is 0.812. The molecule has 25 heavy (non-hydrogen) atoms. The predicted molar refractivity (Wildman–Crippen MR) is 90.7 cm³/mol. The third-order valence-electron chi connectivity index (χ3n) is 3.77. The van der Waals surface area contributed by atoms with Gasteiger partial charge in [0.25, 0.3) is 5.91 Å². The normalized spacial score (nSPS) is 12.6. The first-order chi connectivity index (χ1) is 11.7. The molecule has 0 aliphatic heterocycles. The van der Waals surface area contributed by atoms with Crippen molar-refractivity contribution < 1.29 is 22.7 Å². The van der Waals surface area contributed by atoms with Crippen molar-refractivity contribution in [3.63, 3.8) is 0 Å². The molecule has 0 saturated carbocycles. The maximum atomic E-state index is 13.0. The number of carbonyl (C=O) groups is 1. The smallest absolute Gasteiger partial charge is 0.418 e. The van der Waals surface area contributed by atoms with E-state index in [1.54, 1.807) is 13.0 Å². The van der Waals surface area contributed by atoms with Gasteiger partial charge in [0.1, 0.15) is 5.75 Å². The van der Waals surface area contributed by atoms with E-state index in [4.69, 9.17) is 4.74 Å². The summed E-state index contributed by atoms with van der Waals surface area (Å²) in [6.07, 6.45) is -5.10. The predicted octanol–water partition coefficient (Wildman–Crippen LogP) is 5.12. The molecule has 134 valence electrons. The summed E-state index contributed by atoms with van der Waals surface area (Å²) < 4.78 is 44.9. The van der Waals surface area contributed by atoms with E-state index in [-0.39, 0.29) is 5.69 Å². The topological polar surface area (TPSA) is 38.3 Å². The zero-order valence-electron chi connectivity index (χ0n) is 14.3. The van der Waals surface area contributed by atoms with Crippen LogP contribution in [0.3, 0.4) is 0 Å². The Hall–Kier alpha value is -2.50. The van der Waals surface area contributed by atoms with Gasteiger partial charge in [-0.15, -0.1) is 0 Å². The summed E-state index contributed by atoms with van der Waals surface area (Å²) in [7, 11) is 0. The molecule has 0 saturated heterocycles. The van der Waals surface area contributed by atoms with Crippen LogP contribution in [-0.4, -0.2) is 12.0 Å². The zero-order valence-corrected chi connectivity index (χ0v) is 14.3. The monoisotopic (exact) mass is 351 g/mol. The Bertz CT molecular complexity index is 757. The molecule has 0 bridgehead atoms. The number of ether oxygens (including phenoxy) is 1. The van der Waals surface area contributed by atoms with Gasteiger partial charge >= 0.3 is 6.18 Å². The number of hydrogen-bond donors (Lipinski definition) is 1. The maximum Gasteiger partial charge on any atom is 0.418 e. The van der Waals surface area contributed by atoms with Crippen LogP contribution in [0.4, 0.5) is 18.9 Å². The van der Waals surface area contributed by atoms with Gasteiger partial charge in [-0.3, -0.25) is 4.79 Å². The summed E-state index contributed by atoms with van der Waals surface area (Å²) in [6, 6.07) is 10.5. The molecule has 2 aromatic carbocycles. The highest BCUT2D eigenvalue weighted by molar-refractivity contribution is 5.95. The van der Waals surface area contributed by atoms with Crippen molar-refractivity contribution in [3.05, 3.63) is 59.2 Å². The van der Waals surface area contributed by atoms with E-state index in [1.165, 1.54) is 18.2 Å². The minimum absolute atomic E-state index is 0.275. The molecule has 2 aromatic rings. The average Bonchev–Trinajstić information content (AvgIpc) is 2.55. The molecule has 0 aliphatic rings. The van der Waals surface area contributed by atoms with Crippen molar-refractivity contribution in [3.8, 4) is 5.75 Å². The first kappa shape index (κ1) is 18.8. The second-order valence-corrected chi connectivity index (χ2v) is 5.82. The summed E-state index contributed by atoms with van der Waals surface area (Å²) in [5.41, 5.74) is 0.666. The van der Waals surface area contributed by atoms with Crippen LogP contribution in [0.5, 0.6) is 5.75 Å². The maximum absolute atomic E-state index is 13.0. The van der Waals surface area contributed by atoms with E-state index in [1.807, 2.05) is 26.0 Å². The number of aryl methyl sites for hydroxylation is 2. The largest absolute Gasteiger partial charge is 0.480 e. The van der Waals surface area contributed by atoms with Crippen molar-refractivity contribution in [2.75, 3.05) is 5.32 Å². The van der Waals surface area contributed by atoms with Crippen LogP contribution in [0.2, 0.25) is 0 Å². The van der Waals surface area contributed by atoms with Crippen LogP contribution in [-0.2, 0) is 11.0 Å². The van der Waals surface area contributed by atoms with Crippen molar-refractivity contribution in [2.24, 2.45) is 0 Å².